The van der Waals surface area contributed by atoms with Crippen molar-refractivity contribution in [2.45, 2.75) is 32.2 Å². The highest BCUT2D eigenvalue weighted by Crippen LogP contribution is 2.26. The molecule has 15 heteroatoms. The highest BCUT2D eigenvalue weighted by Gasteiger charge is 2.15. The molecule has 222 valence electrons. The number of carbonyl (C=O) groups is 3. The van der Waals surface area contributed by atoms with Crippen LogP contribution in [0.25, 0.3) is 11.0 Å². The first kappa shape index (κ1) is 32.4. The van der Waals surface area contributed by atoms with Crippen molar-refractivity contribution in [2.24, 2.45) is 5.73 Å². The topological polar surface area (TPSA) is 162 Å². The Morgan fingerprint density at radius 2 is 1.98 bits per heavy atom. The van der Waals surface area contributed by atoms with Gasteiger partial charge in [-0.15, -0.1) is 0 Å². The maximum Gasteiger partial charge on any atom is 0.404 e. The molecule has 0 atom stereocenters. The number of likely N-dealkylation sites (N-methyl/N-ethyl adjacent to an activating group) is 1. The number of fused-ring (bicyclic) bond motifs is 1. The molecule has 1 aromatic carbocycles. The molecule has 0 radical (unpaired) electrons. The number of hydrogen-bond donors (Lipinski definition) is 3. The predicted octanol–water partition coefficient (Wildman–Crippen LogP) is 3.02. The van der Waals surface area contributed by atoms with Crippen molar-refractivity contribution in [3.8, 4) is 5.75 Å². The number of aromatic amines is 1. The number of nitrogens with one attached hydrogen (secondary N) is 2. The summed E-state index contributed by atoms with van der Waals surface area (Å²) in [5.74, 6) is -1.05. The second kappa shape index (κ2) is 15.7. The lowest BCUT2D eigenvalue weighted by atomic mass is 10.2. The molecule has 0 aliphatic heterocycles. The lowest BCUT2D eigenvalue weighted by Crippen LogP contribution is -2.26. The molecule has 0 spiro atoms. The molecule has 3 amide bonds. The fourth-order valence-electron chi connectivity index (χ4n) is 3.29. The van der Waals surface area contributed by atoms with Crippen molar-refractivity contribution >= 4 is 34.6 Å². The summed E-state index contributed by atoms with van der Waals surface area (Å²) in [7, 11) is 4.51. The Morgan fingerprint density at radius 1 is 1.27 bits per heavy atom. The van der Waals surface area contributed by atoms with Crippen molar-refractivity contribution in [1.82, 2.24) is 19.4 Å². The molecule has 0 saturated carbocycles. The Kier molecular flexibility index (Phi) is 12.4. The quantitative estimate of drug-likeness (QED) is 0.232. The molecule has 0 saturated heterocycles. The summed E-state index contributed by atoms with van der Waals surface area (Å²) < 4.78 is 49.0. The van der Waals surface area contributed by atoms with E-state index in [0.29, 0.717) is 12.8 Å². The van der Waals surface area contributed by atoms with Crippen LogP contribution >= 0.6 is 0 Å². The number of aromatic nitrogens is 3. The van der Waals surface area contributed by atoms with Crippen LogP contribution in [0, 0.1) is 5.82 Å². The number of allylic oxidation sites excluding steroid dienone is 1. The molecule has 0 fully saturated rings. The van der Waals surface area contributed by atoms with E-state index >= 15 is 0 Å². The standard InChI is InChI=1S/C24H26F3N5O4.C2H5NO2/c1-31(2)22(34)9-5-3-4-8-21(33)29-16-7-6-10-32(24(16)35)13-20-28-17-11-15(25)12-18(23(17)30-20)36-14-19(26)27;1-5-2(3)4/h5-7,9-12,19H,3-4,8,13-14H2,1-2H3,(H,28,30)(H,29,33);1H3,(H2,3,4)/b9-5+;. The second-order valence-corrected chi connectivity index (χ2v) is 8.64. The zero-order chi connectivity index (χ0) is 30.5. The first-order valence-electron chi connectivity index (χ1n) is 12.2. The number of halogens is 3. The number of imidazole rings is 1. The van der Waals surface area contributed by atoms with E-state index in [-0.39, 0.29) is 53.1 Å². The zero-order valence-corrected chi connectivity index (χ0v) is 22.7. The Bertz CT molecular complexity index is 1440. The molecule has 12 nitrogen and oxygen atoms in total. The fraction of sp³-hybridized carbons (Fsp3) is 0.346. The van der Waals surface area contributed by atoms with Gasteiger partial charge in [-0.3, -0.25) is 14.4 Å². The number of pyridine rings is 1. The number of ether oxygens (including phenoxy) is 2. The third-order valence-corrected chi connectivity index (χ3v) is 5.22. The smallest absolute Gasteiger partial charge is 0.404 e. The summed E-state index contributed by atoms with van der Waals surface area (Å²) in [5, 5.41) is 2.58. The first-order valence-corrected chi connectivity index (χ1v) is 12.2. The summed E-state index contributed by atoms with van der Waals surface area (Å²) in [4.78, 5) is 54.5. The van der Waals surface area contributed by atoms with Crippen LogP contribution in [0.5, 0.6) is 5.75 Å². The summed E-state index contributed by atoms with van der Waals surface area (Å²) in [5.41, 5.74) is 4.41. The van der Waals surface area contributed by atoms with Crippen LogP contribution in [0.2, 0.25) is 0 Å². The van der Waals surface area contributed by atoms with Gasteiger partial charge in [0.05, 0.1) is 19.2 Å². The number of hydrogen-bond acceptors (Lipinski definition) is 7. The predicted molar refractivity (Wildman–Crippen MR) is 144 cm³/mol. The molecular weight excluding hydrogens is 549 g/mol. The van der Waals surface area contributed by atoms with Gasteiger partial charge < -0.3 is 35.0 Å². The number of rotatable bonds is 11. The van der Waals surface area contributed by atoms with E-state index < -0.39 is 30.5 Å². The number of unbranched alkanes of at least 4 members (excludes halogenated alkanes) is 1. The molecule has 0 bridgehead atoms. The maximum absolute atomic E-state index is 13.9. The molecule has 3 aromatic rings. The highest BCUT2D eigenvalue weighted by molar-refractivity contribution is 5.90. The number of amides is 3. The molecule has 2 aromatic heterocycles. The number of H-pyrrole nitrogens is 1. The van der Waals surface area contributed by atoms with Crippen LogP contribution < -0.4 is 21.3 Å². The molecule has 3 rings (SSSR count). The normalized spacial score (nSPS) is 10.8. The Balaban J connectivity index is 0.00000108. The molecule has 0 aliphatic carbocycles. The lowest BCUT2D eigenvalue weighted by Gasteiger charge is -2.08. The SMILES string of the molecule is CN(C)C(=O)/C=C/CCCC(=O)Nc1cccn(Cc2nc3c(OCC(F)F)cc(F)cc3[nH]2)c1=O.COC(N)=O. The number of nitrogens with two attached hydrogens (primary N) is 1. The van der Waals surface area contributed by atoms with Crippen LogP contribution in [0.4, 0.5) is 23.7 Å². The third-order valence-electron chi connectivity index (χ3n) is 5.22. The van der Waals surface area contributed by atoms with Crippen LogP contribution in [-0.2, 0) is 20.9 Å². The van der Waals surface area contributed by atoms with Crippen molar-refractivity contribution in [2.75, 3.05) is 33.1 Å². The summed E-state index contributed by atoms with van der Waals surface area (Å²) in [6.45, 7) is -0.954. The fourth-order valence-corrected chi connectivity index (χ4v) is 3.29. The van der Waals surface area contributed by atoms with Gasteiger partial charge >= 0.3 is 6.09 Å². The number of alkyl halides is 2. The number of nitrogens with zero attached hydrogens (tertiary/aromatic N) is 3. The molecule has 41 heavy (non-hydrogen) atoms. The molecule has 0 aliphatic rings. The maximum atomic E-state index is 13.9. The average molecular weight is 581 g/mol. The average Bonchev–Trinajstić information content (AvgIpc) is 3.31. The van der Waals surface area contributed by atoms with E-state index in [1.165, 1.54) is 34.9 Å². The Morgan fingerprint density at radius 3 is 2.61 bits per heavy atom. The summed E-state index contributed by atoms with van der Waals surface area (Å²) in [6.07, 6.45) is 2.32. The van der Waals surface area contributed by atoms with E-state index in [1.54, 1.807) is 26.2 Å². The van der Waals surface area contributed by atoms with Gasteiger partial charge in [0.15, 0.2) is 0 Å². The third kappa shape index (κ3) is 10.7. The minimum absolute atomic E-state index is 0.0438. The monoisotopic (exact) mass is 580 g/mol. The minimum atomic E-state index is -2.73. The van der Waals surface area contributed by atoms with Crippen molar-refractivity contribution < 1.29 is 37.0 Å². The number of primary amides is 1. The number of anilines is 1. The van der Waals surface area contributed by atoms with Crippen LogP contribution in [0.15, 0.2) is 47.4 Å². The molecule has 2 heterocycles. The van der Waals surface area contributed by atoms with Gasteiger partial charge in [-0.2, -0.15) is 0 Å². The van der Waals surface area contributed by atoms with Crippen molar-refractivity contribution in [1.29, 1.82) is 0 Å². The second-order valence-electron chi connectivity index (χ2n) is 8.64. The molecular formula is C26H31F3N6O6. The van der Waals surface area contributed by atoms with E-state index in [2.05, 4.69) is 25.8 Å². The van der Waals surface area contributed by atoms with E-state index in [4.69, 9.17) is 4.74 Å². The lowest BCUT2D eigenvalue weighted by molar-refractivity contribution is -0.123. The van der Waals surface area contributed by atoms with E-state index in [9.17, 15) is 32.3 Å². The van der Waals surface area contributed by atoms with Crippen molar-refractivity contribution in [3.05, 3.63) is 64.6 Å². The number of carbonyl (C=O) groups excluding carboxylic acids is 3. The number of methoxy groups -OCH3 is 1. The van der Waals surface area contributed by atoms with E-state index in [1.807, 2.05) is 0 Å². The van der Waals surface area contributed by atoms with Crippen LogP contribution in [0.3, 0.4) is 0 Å². The first-order chi connectivity index (χ1) is 19.4. The van der Waals surface area contributed by atoms with Gasteiger partial charge in [-0.25, -0.2) is 22.9 Å². The highest BCUT2D eigenvalue weighted by atomic mass is 19.3. The Labute approximate surface area is 232 Å². The molecule has 4 N–H and O–H groups in total. The van der Waals surface area contributed by atoms with Gasteiger partial charge in [0, 0.05) is 32.8 Å². The largest absolute Gasteiger partial charge is 0.485 e. The van der Waals surface area contributed by atoms with Gasteiger partial charge in [-0.1, -0.05) is 6.08 Å². The van der Waals surface area contributed by atoms with E-state index in [0.717, 1.165) is 12.1 Å². The van der Waals surface area contributed by atoms with Crippen LogP contribution in [0.1, 0.15) is 25.1 Å². The zero-order valence-electron chi connectivity index (χ0n) is 22.7. The van der Waals surface area contributed by atoms with Crippen LogP contribution in [-0.4, -0.2) is 71.6 Å². The minimum Gasteiger partial charge on any atom is -0.485 e. The summed E-state index contributed by atoms with van der Waals surface area (Å²) >= 11 is 0. The Hall–Kier alpha value is -4.82. The van der Waals surface area contributed by atoms with Crippen molar-refractivity contribution in [3.63, 3.8) is 0 Å². The molecule has 0 unspecified atom stereocenters. The van der Waals surface area contributed by atoms with Gasteiger partial charge in [-0.05, 0) is 37.1 Å². The van der Waals surface area contributed by atoms with Gasteiger partial charge in [0.25, 0.3) is 12.0 Å². The summed E-state index contributed by atoms with van der Waals surface area (Å²) in [6, 6.07) is 5.16. The van der Waals surface area contributed by atoms with Gasteiger partial charge in [0.1, 0.15) is 35.2 Å². The number of benzene rings is 1. The van der Waals surface area contributed by atoms with Gasteiger partial charge in [0.2, 0.25) is 11.8 Å².